The van der Waals surface area contributed by atoms with Gasteiger partial charge in [-0.25, -0.2) is 8.42 Å². The lowest BCUT2D eigenvalue weighted by Crippen LogP contribution is -2.48. The molecule has 0 bridgehead atoms. The van der Waals surface area contributed by atoms with E-state index in [1.807, 2.05) is 31.2 Å². The van der Waals surface area contributed by atoms with E-state index in [-0.39, 0.29) is 17.1 Å². The molecule has 2 aromatic rings. The molecular formula is C23H31ClN2O4S. The van der Waals surface area contributed by atoms with Crippen LogP contribution in [0.4, 0.5) is 5.69 Å². The van der Waals surface area contributed by atoms with Gasteiger partial charge in [-0.15, -0.1) is 0 Å². The van der Waals surface area contributed by atoms with Crippen molar-refractivity contribution in [2.45, 2.75) is 52.1 Å². The zero-order valence-corrected chi connectivity index (χ0v) is 20.6. The van der Waals surface area contributed by atoms with Crippen LogP contribution in [0.25, 0.3) is 0 Å². The topological polar surface area (TPSA) is 75.7 Å². The Bertz CT molecular complexity index is 1030. The molecule has 0 aromatic heterocycles. The number of hydrogen-bond acceptors (Lipinski definition) is 4. The van der Waals surface area contributed by atoms with E-state index in [2.05, 4.69) is 26.1 Å². The smallest absolute Gasteiger partial charge is 0.244 e. The van der Waals surface area contributed by atoms with Crippen LogP contribution in [0.1, 0.15) is 51.8 Å². The fourth-order valence-corrected chi connectivity index (χ4v) is 4.64. The number of halogens is 1. The monoisotopic (exact) mass is 466 g/mol. The maximum atomic E-state index is 13.0. The number of nitrogens with one attached hydrogen (secondary N) is 1. The van der Waals surface area contributed by atoms with Crippen LogP contribution >= 0.6 is 11.6 Å². The average Bonchev–Trinajstić information content (AvgIpc) is 2.66. The average molecular weight is 467 g/mol. The van der Waals surface area contributed by atoms with E-state index in [4.69, 9.17) is 16.3 Å². The van der Waals surface area contributed by atoms with Crippen molar-refractivity contribution in [3.05, 3.63) is 58.6 Å². The first-order valence-corrected chi connectivity index (χ1v) is 12.2. The highest BCUT2D eigenvalue weighted by Crippen LogP contribution is 2.34. The second-order valence-electron chi connectivity index (χ2n) is 8.65. The third-order valence-electron chi connectivity index (χ3n) is 5.10. The van der Waals surface area contributed by atoms with Gasteiger partial charge >= 0.3 is 0 Å². The summed E-state index contributed by atoms with van der Waals surface area (Å²) in [6, 6.07) is 11.4. The summed E-state index contributed by atoms with van der Waals surface area (Å²) in [5.74, 6) is -0.125. The lowest BCUT2D eigenvalue weighted by Gasteiger charge is -2.30. The van der Waals surface area contributed by atoms with Crippen molar-refractivity contribution in [2.75, 3.05) is 17.7 Å². The van der Waals surface area contributed by atoms with E-state index in [0.717, 1.165) is 16.1 Å². The van der Waals surface area contributed by atoms with Crippen molar-refractivity contribution >= 4 is 33.2 Å². The number of rotatable bonds is 7. The number of carbonyl (C=O) groups excluding carboxylic acids is 1. The maximum absolute atomic E-state index is 13.0. The van der Waals surface area contributed by atoms with Crippen molar-refractivity contribution < 1.29 is 17.9 Å². The lowest BCUT2D eigenvalue weighted by molar-refractivity contribution is -0.122. The van der Waals surface area contributed by atoms with E-state index in [0.29, 0.717) is 10.8 Å². The van der Waals surface area contributed by atoms with Crippen LogP contribution in [-0.2, 0) is 20.2 Å². The molecule has 8 heteroatoms. The summed E-state index contributed by atoms with van der Waals surface area (Å²) in [5.41, 5.74) is 2.37. The van der Waals surface area contributed by atoms with Crippen LogP contribution in [0, 0.1) is 0 Å². The second-order valence-corrected chi connectivity index (χ2v) is 10.9. The molecule has 0 radical (unpaired) electrons. The number of hydrogen-bond donors (Lipinski definition) is 1. The van der Waals surface area contributed by atoms with Gasteiger partial charge in [0.25, 0.3) is 0 Å². The highest BCUT2D eigenvalue weighted by atomic mass is 35.5. The van der Waals surface area contributed by atoms with Gasteiger partial charge in [0.2, 0.25) is 15.9 Å². The summed E-state index contributed by atoms with van der Waals surface area (Å²) >= 11 is 6.08. The summed E-state index contributed by atoms with van der Waals surface area (Å²) in [6.07, 6.45) is 1.05. The molecule has 31 heavy (non-hydrogen) atoms. The number of benzene rings is 2. The molecule has 0 saturated heterocycles. The largest absolute Gasteiger partial charge is 0.495 e. The number of methoxy groups -OCH3 is 1. The quantitative estimate of drug-likeness (QED) is 0.642. The Morgan fingerprint density at radius 2 is 1.68 bits per heavy atom. The van der Waals surface area contributed by atoms with Gasteiger partial charge in [0.15, 0.2) is 0 Å². The Kier molecular flexibility index (Phi) is 7.66. The molecular weight excluding hydrogens is 436 g/mol. The van der Waals surface area contributed by atoms with E-state index in [1.165, 1.54) is 25.7 Å². The van der Waals surface area contributed by atoms with Gasteiger partial charge in [0, 0.05) is 5.02 Å². The standard InChI is InChI=1S/C23H31ClN2O4S/c1-15(17-8-10-18(11-9-17)23(3,4)5)25-22(27)16(2)26(31(7,28)29)20-14-19(24)12-13-21(20)30-6/h8-16H,1-7H3,(H,25,27)/t15-,16+/m0/s1. The van der Waals surface area contributed by atoms with Gasteiger partial charge in [-0.3, -0.25) is 9.10 Å². The molecule has 1 N–H and O–H groups in total. The highest BCUT2D eigenvalue weighted by molar-refractivity contribution is 7.92. The van der Waals surface area contributed by atoms with Gasteiger partial charge in [-0.1, -0.05) is 56.6 Å². The minimum atomic E-state index is -3.80. The third kappa shape index (κ3) is 6.14. The van der Waals surface area contributed by atoms with Crippen LogP contribution in [0.2, 0.25) is 5.02 Å². The fraction of sp³-hybridized carbons (Fsp3) is 0.435. The van der Waals surface area contributed by atoms with Crippen LogP contribution in [0.15, 0.2) is 42.5 Å². The predicted molar refractivity (Wildman–Crippen MR) is 126 cm³/mol. The van der Waals surface area contributed by atoms with Gasteiger partial charge in [-0.2, -0.15) is 0 Å². The highest BCUT2D eigenvalue weighted by Gasteiger charge is 2.32. The van der Waals surface area contributed by atoms with Crippen molar-refractivity contribution in [1.82, 2.24) is 5.32 Å². The zero-order valence-electron chi connectivity index (χ0n) is 19.1. The van der Waals surface area contributed by atoms with E-state index in [1.54, 1.807) is 12.1 Å². The van der Waals surface area contributed by atoms with Crippen LogP contribution < -0.4 is 14.4 Å². The van der Waals surface area contributed by atoms with E-state index in [9.17, 15) is 13.2 Å². The van der Waals surface area contributed by atoms with Gasteiger partial charge in [0.05, 0.1) is 25.1 Å². The lowest BCUT2D eigenvalue weighted by atomic mass is 9.86. The number of anilines is 1. The number of nitrogens with zero attached hydrogens (tertiary/aromatic N) is 1. The van der Waals surface area contributed by atoms with Crippen molar-refractivity contribution in [3.8, 4) is 5.75 Å². The van der Waals surface area contributed by atoms with E-state index >= 15 is 0 Å². The summed E-state index contributed by atoms with van der Waals surface area (Å²) < 4.78 is 31.5. The molecule has 0 aliphatic heterocycles. The zero-order chi connectivity index (χ0) is 23.6. The fourth-order valence-electron chi connectivity index (χ4n) is 3.31. The normalized spacial score (nSPS) is 13.9. The molecule has 2 aromatic carbocycles. The molecule has 0 saturated carbocycles. The molecule has 170 valence electrons. The molecule has 0 fully saturated rings. The summed E-state index contributed by atoms with van der Waals surface area (Å²) in [6.45, 7) is 9.81. The molecule has 0 spiro atoms. The van der Waals surface area contributed by atoms with Crippen molar-refractivity contribution in [2.24, 2.45) is 0 Å². The van der Waals surface area contributed by atoms with Gasteiger partial charge in [-0.05, 0) is 48.6 Å². The Balaban J connectivity index is 2.29. The maximum Gasteiger partial charge on any atom is 0.244 e. The summed E-state index contributed by atoms with van der Waals surface area (Å²) in [4.78, 5) is 13.0. The Hall–Kier alpha value is -2.25. The molecule has 0 aliphatic rings. The van der Waals surface area contributed by atoms with Gasteiger partial charge < -0.3 is 10.1 Å². The first kappa shape index (κ1) is 25.0. The Morgan fingerprint density at radius 3 is 2.16 bits per heavy atom. The SMILES string of the molecule is COc1ccc(Cl)cc1N([C@H](C)C(=O)N[C@@H](C)c1ccc(C(C)(C)C)cc1)S(C)(=O)=O. The van der Waals surface area contributed by atoms with Gasteiger partial charge in [0.1, 0.15) is 11.8 Å². The van der Waals surface area contributed by atoms with E-state index < -0.39 is 22.0 Å². The number of carbonyl (C=O) groups is 1. The molecule has 0 heterocycles. The molecule has 0 aliphatic carbocycles. The first-order chi connectivity index (χ1) is 14.3. The number of ether oxygens (including phenoxy) is 1. The predicted octanol–water partition coefficient (Wildman–Crippen LogP) is 4.68. The number of sulfonamides is 1. The Morgan fingerprint density at radius 1 is 1.10 bits per heavy atom. The number of amides is 1. The summed E-state index contributed by atoms with van der Waals surface area (Å²) in [5, 5.41) is 3.25. The minimum Gasteiger partial charge on any atom is -0.495 e. The minimum absolute atomic E-state index is 0.0333. The molecule has 0 unspecified atom stereocenters. The van der Waals surface area contributed by atoms with Crippen LogP contribution in [-0.4, -0.2) is 33.7 Å². The van der Waals surface area contributed by atoms with Crippen LogP contribution in [0.5, 0.6) is 5.75 Å². The summed E-state index contributed by atoms with van der Waals surface area (Å²) in [7, 11) is -2.37. The second kappa shape index (κ2) is 9.49. The Labute approximate surface area is 190 Å². The molecule has 2 rings (SSSR count). The first-order valence-electron chi connectivity index (χ1n) is 9.99. The van der Waals surface area contributed by atoms with Crippen molar-refractivity contribution in [1.29, 1.82) is 0 Å². The molecule has 6 nitrogen and oxygen atoms in total. The van der Waals surface area contributed by atoms with Crippen LogP contribution in [0.3, 0.4) is 0 Å². The molecule has 1 amide bonds. The molecule has 2 atom stereocenters. The third-order valence-corrected chi connectivity index (χ3v) is 6.56. The van der Waals surface area contributed by atoms with Crippen molar-refractivity contribution in [3.63, 3.8) is 0 Å².